The predicted octanol–water partition coefficient (Wildman–Crippen LogP) is 2.66. The highest BCUT2D eigenvalue weighted by molar-refractivity contribution is 5.84. The first-order chi connectivity index (χ1) is 11.6. The second-order valence-corrected chi connectivity index (χ2v) is 5.97. The average Bonchev–Trinajstić information content (AvgIpc) is 3.20. The van der Waals surface area contributed by atoms with E-state index in [0.717, 1.165) is 17.7 Å². The fraction of sp³-hybridized carbons (Fsp3) is 0.389. The summed E-state index contributed by atoms with van der Waals surface area (Å²) in [4.78, 5) is 29.3. The molecule has 0 saturated carbocycles. The molecule has 1 aromatic carbocycles. The van der Waals surface area contributed by atoms with Crippen LogP contribution < -0.4 is 0 Å². The first-order valence-corrected chi connectivity index (χ1v) is 8.10. The van der Waals surface area contributed by atoms with E-state index in [1.165, 1.54) is 4.90 Å². The second-order valence-electron chi connectivity index (χ2n) is 5.97. The van der Waals surface area contributed by atoms with E-state index in [0.29, 0.717) is 31.0 Å². The molecule has 0 radical (unpaired) electrons. The number of carbonyl (C=O) groups excluding carboxylic acids is 1. The van der Waals surface area contributed by atoms with E-state index in [4.69, 9.17) is 9.52 Å². The summed E-state index contributed by atoms with van der Waals surface area (Å²) in [5.41, 5.74) is 1.73. The number of carboxylic acid groups (broad SMARTS) is 1. The van der Waals surface area contributed by atoms with Crippen molar-refractivity contribution in [2.45, 2.75) is 38.6 Å². The molecule has 1 N–H and O–H groups in total. The van der Waals surface area contributed by atoms with Gasteiger partial charge in [0.2, 0.25) is 5.91 Å². The molecule has 1 saturated heterocycles. The third-order valence-electron chi connectivity index (χ3n) is 4.29. The first kappa shape index (κ1) is 16.2. The van der Waals surface area contributed by atoms with Crippen molar-refractivity contribution in [1.29, 1.82) is 0 Å². The second kappa shape index (κ2) is 6.86. The Hall–Kier alpha value is -2.63. The van der Waals surface area contributed by atoms with Gasteiger partial charge in [0.05, 0.1) is 5.69 Å². The third kappa shape index (κ3) is 3.32. The number of oxazole rings is 1. The summed E-state index contributed by atoms with van der Waals surface area (Å²) in [6.45, 7) is 2.38. The number of aryl methyl sites for hydroxylation is 2. The maximum absolute atomic E-state index is 12.3. The fourth-order valence-corrected chi connectivity index (χ4v) is 3.10. The zero-order valence-corrected chi connectivity index (χ0v) is 13.6. The number of hydrogen-bond acceptors (Lipinski definition) is 4. The number of aliphatic carboxylic acids is 1. The van der Waals surface area contributed by atoms with Gasteiger partial charge in [-0.25, -0.2) is 9.78 Å². The fourth-order valence-electron chi connectivity index (χ4n) is 3.10. The molecular formula is C18H20N2O4. The minimum absolute atomic E-state index is 0.156. The minimum atomic E-state index is -0.931. The SMILES string of the molecule is Cc1nc(CCC(=O)N2CCC[C@H]2C(=O)O)oc1-c1ccccc1. The van der Waals surface area contributed by atoms with E-state index in [-0.39, 0.29) is 12.3 Å². The van der Waals surface area contributed by atoms with Gasteiger partial charge in [0.25, 0.3) is 0 Å². The number of carbonyl (C=O) groups is 2. The van der Waals surface area contributed by atoms with Crippen molar-refractivity contribution in [2.24, 2.45) is 0 Å². The molecular weight excluding hydrogens is 308 g/mol. The van der Waals surface area contributed by atoms with Crippen LogP contribution in [0.15, 0.2) is 34.7 Å². The summed E-state index contributed by atoms with van der Waals surface area (Å²) < 4.78 is 5.79. The molecule has 1 aliphatic heterocycles. The molecule has 24 heavy (non-hydrogen) atoms. The summed E-state index contributed by atoms with van der Waals surface area (Å²) in [6, 6.07) is 9.00. The molecule has 2 aromatic rings. The lowest BCUT2D eigenvalue weighted by Crippen LogP contribution is -2.40. The van der Waals surface area contributed by atoms with Crippen LogP contribution in [0.1, 0.15) is 30.8 Å². The van der Waals surface area contributed by atoms with Crippen molar-refractivity contribution < 1.29 is 19.1 Å². The highest BCUT2D eigenvalue weighted by atomic mass is 16.4. The Bertz CT molecular complexity index is 739. The zero-order valence-electron chi connectivity index (χ0n) is 13.6. The Morgan fingerprint density at radius 3 is 2.79 bits per heavy atom. The van der Waals surface area contributed by atoms with E-state index >= 15 is 0 Å². The summed E-state index contributed by atoms with van der Waals surface area (Å²) in [6.07, 6.45) is 1.84. The Labute approximate surface area is 140 Å². The van der Waals surface area contributed by atoms with Crippen molar-refractivity contribution in [3.05, 3.63) is 41.9 Å². The molecule has 1 fully saturated rings. The van der Waals surface area contributed by atoms with Gasteiger partial charge in [-0.1, -0.05) is 30.3 Å². The number of rotatable bonds is 5. The number of likely N-dealkylation sites (tertiary alicyclic amines) is 1. The summed E-state index contributed by atoms with van der Waals surface area (Å²) in [7, 11) is 0. The zero-order chi connectivity index (χ0) is 17.1. The van der Waals surface area contributed by atoms with Gasteiger partial charge in [-0.3, -0.25) is 4.79 Å². The highest BCUT2D eigenvalue weighted by Crippen LogP contribution is 2.25. The quantitative estimate of drug-likeness (QED) is 0.912. The predicted molar refractivity (Wildman–Crippen MR) is 87.4 cm³/mol. The lowest BCUT2D eigenvalue weighted by molar-refractivity contribution is -0.148. The Balaban J connectivity index is 1.65. The number of benzene rings is 1. The van der Waals surface area contributed by atoms with Crippen LogP contribution in [-0.2, 0) is 16.0 Å². The molecule has 0 spiro atoms. The average molecular weight is 328 g/mol. The summed E-state index contributed by atoms with van der Waals surface area (Å²) in [5.74, 6) is 0.129. The Morgan fingerprint density at radius 2 is 2.08 bits per heavy atom. The minimum Gasteiger partial charge on any atom is -0.480 e. The van der Waals surface area contributed by atoms with Crippen LogP contribution in [0.3, 0.4) is 0 Å². The van der Waals surface area contributed by atoms with Gasteiger partial charge in [0, 0.05) is 24.9 Å². The molecule has 1 aliphatic rings. The molecule has 6 nitrogen and oxygen atoms in total. The molecule has 1 aromatic heterocycles. The number of nitrogens with zero attached hydrogens (tertiary/aromatic N) is 2. The van der Waals surface area contributed by atoms with E-state index in [9.17, 15) is 9.59 Å². The van der Waals surface area contributed by atoms with Crippen LogP contribution in [0.25, 0.3) is 11.3 Å². The maximum atomic E-state index is 12.3. The number of carboxylic acids is 1. The van der Waals surface area contributed by atoms with Crippen molar-refractivity contribution in [2.75, 3.05) is 6.54 Å². The van der Waals surface area contributed by atoms with E-state index in [1.54, 1.807) is 0 Å². The van der Waals surface area contributed by atoms with E-state index in [2.05, 4.69) is 4.98 Å². The molecule has 0 unspecified atom stereocenters. The number of aromatic nitrogens is 1. The van der Waals surface area contributed by atoms with Gasteiger partial charge in [-0.2, -0.15) is 0 Å². The molecule has 0 bridgehead atoms. The normalized spacial score (nSPS) is 17.2. The van der Waals surface area contributed by atoms with Crippen LogP contribution >= 0.6 is 0 Å². The van der Waals surface area contributed by atoms with Crippen LogP contribution in [0.5, 0.6) is 0 Å². The van der Waals surface area contributed by atoms with Crippen molar-refractivity contribution in [3.8, 4) is 11.3 Å². The standard InChI is InChI=1S/C18H20N2O4/c1-12-17(13-6-3-2-4-7-13)24-15(19-12)9-10-16(21)20-11-5-8-14(20)18(22)23/h2-4,6-7,14H,5,8-11H2,1H3,(H,22,23)/t14-/m0/s1. The number of amides is 1. The van der Waals surface area contributed by atoms with E-state index < -0.39 is 12.0 Å². The van der Waals surface area contributed by atoms with Gasteiger partial charge in [0.15, 0.2) is 11.7 Å². The van der Waals surface area contributed by atoms with Crippen molar-refractivity contribution in [3.63, 3.8) is 0 Å². The first-order valence-electron chi connectivity index (χ1n) is 8.10. The van der Waals surface area contributed by atoms with Gasteiger partial charge in [0.1, 0.15) is 6.04 Å². The smallest absolute Gasteiger partial charge is 0.326 e. The Morgan fingerprint density at radius 1 is 1.33 bits per heavy atom. The summed E-state index contributed by atoms with van der Waals surface area (Å²) in [5, 5.41) is 9.16. The lowest BCUT2D eigenvalue weighted by Gasteiger charge is -2.20. The number of hydrogen-bond donors (Lipinski definition) is 1. The van der Waals surface area contributed by atoms with Gasteiger partial charge >= 0.3 is 5.97 Å². The molecule has 2 heterocycles. The molecule has 3 rings (SSSR count). The molecule has 1 amide bonds. The van der Waals surface area contributed by atoms with E-state index in [1.807, 2.05) is 37.3 Å². The largest absolute Gasteiger partial charge is 0.480 e. The maximum Gasteiger partial charge on any atom is 0.326 e. The topological polar surface area (TPSA) is 83.6 Å². The van der Waals surface area contributed by atoms with Gasteiger partial charge in [-0.15, -0.1) is 0 Å². The molecule has 126 valence electrons. The summed E-state index contributed by atoms with van der Waals surface area (Å²) >= 11 is 0. The van der Waals surface area contributed by atoms with Crippen LogP contribution in [0.2, 0.25) is 0 Å². The van der Waals surface area contributed by atoms with Crippen molar-refractivity contribution in [1.82, 2.24) is 9.88 Å². The van der Waals surface area contributed by atoms with Crippen molar-refractivity contribution >= 4 is 11.9 Å². The molecule has 0 aliphatic carbocycles. The van der Waals surface area contributed by atoms with Crippen LogP contribution in [0.4, 0.5) is 0 Å². The van der Waals surface area contributed by atoms with Crippen LogP contribution in [-0.4, -0.2) is 39.5 Å². The molecule has 1 atom stereocenters. The lowest BCUT2D eigenvalue weighted by atomic mass is 10.1. The Kier molecular flexibility index (Phi) is 4.64. The highest BCUT2D eigenvalue weighted by Gasteiger charge is 2.33. The monoisotopic (exact) mass is 328 g/mol. The third-order valence-corrected chi connectivity index (χ3v) is 4.29. The van der Waals surface area contributed by atoms with Crippen LogP contribution in [0, 0.1) is 6.92 Å². The van der Waals surface area contributed by atoms with Gasteiger partial charge < -0.3 is 14.4 Å². The van der Waals surface area contributed by atoms with Gasteiger partial charge in [-0.05, 0) is 19.8 Å². The molecule has 6 heteroatoms.